The number of fused-ring (bicyclic) bond motifs is 1. The number of oxazole rings is 1. The molecule has 8 nitrogen and oxygen atoms in total. The molecule has 3 aromatic rings. The highest BCUT2D eigenvalue weighted by Gasteiger charge is 2.06. The fraction of sp³-hybridized carbons (Fsp3) is 0.273. The molecule has 0 unspecified atom stereocenters. The van der Waals surface area contributed by atoms with E-state index in [1.54, 1.807) is 6.07 Å². The molecule has 0 amide bonds. The fourth-order valence-corrected chi connectivity index (χ4v) is 1.69. The Hall–Kier alpha value is -2.64. The lowest BCUT2D eigenvalue weighted by Gasteiger charge is -2.02. The van der Waals surface area contributed by atoms with E-state index in [2.05, 4.69) is 25.5 Å². The van der Waals surface area contributed by atoms with Crippen molar-refractivity contribution in [2.24, 2.45) is 0 Å². The van der Waals surface area contributed by atoms with Crippen LogP contribution in [0.5, 0.6) is 0 Å². The number of H-pyrrole nitrogens is 1. The predicted molar refractivity (Wildman–Crippen MR) is 66.9 cm³/mol. The van der Waals surface area contributed by atoms with Crippen LogP contribution in [-0.2, 0) is 6.54 Å². The van der Waals surface area contributed by atoms with Crippen molar-refractivity contribution >= 4 is 11.5 Å². The first kappa shape index (κ1) is 11.5. The Bertz CT molecular complexity index is 764. The lowest BCUT2D eigenvalue weighted by molar-refractivity contribution is 0.478. The summed E-state index contributed by atoms with van der Waals surface area (Å²) in [6.45, 7) is 4.18. The number of rotatable bonds is 3. The molecular weight excluding hydrogens is 248 g/mol. The molecule has 3 rings (SSSR count). The van der Waals surface area contributed by atoms with Crippen molar-refractivity contribution < 1.29 is 4.42 Å². The van der Waals surface area contributed by atoms with E-state index in [0.29, 0.717) is 23.9 Å². The van der Waals surface area contributed by atoms with E-state index in [1.165, 1.54) is 10.7 Å². The molecule has 0 aliphatic carbocycles. The number of aromatic amines is 1. The van der Waals surface area contributed by atoms with Crippen LogP contribution in [0.25, 0.3) is 5.65 Å². The Kier molecular flexibility index (Phi) is 2.55. The van der Waals surface area contributed by atoms with Gasteiger partial charge in [-0.05, 0) is 13.8 Å². The van der Waals surface area contributed by atoms with E-state index in [4.69, 9.17) is 4.42 Å². The van der Waals surface area contributed by atoms with Crippen molar-refractivity contribution in [2.75, 3.05) is 5.32 Å². The number of aromatic nitrogens is 5. The maximum atomic E-state index is 11.3. The Morgan fingerprint density at radius 2 is 2.32 bits per heavy atom. The summed E-state index contributed by atoms with van der Waals surface area (Å²) in [5.74, 6) is 2.00. The van der Waals surface area contributed by atoms with Gasteiger partial charge < -0.3 is 9.73 Å². The molecule has 98 valence electrons. The van der Waals surface area contributed by atoms with Gasteiger partial charge in [0.2, 0.25) is 5.89 Å². The zero-order valence-electron chi connectivity index (χ0n) is 10.5. The number of aryl methyl sites for hydroxylation is 2. The zero-order valence-corrected chi connectivity index (χ0v) is 10.5. The third-order valence-corrected chi connectivity index (χ3v) is 2.80. The van der Waals surface area contributed by atoms with Crippen LogP contribution in [0, 0.1) is 13.8 Å². The second kappa shape index (κ2) is 4.23. The van der Waals surface area contributed by atoms with E-state index in [-0.39, 0.29) is 5.69 Å². The largest absolute Gasteiger partial charge is 0.444 e. The molecule has 8 heteroatoms. The van der Waals surface area contributed by atoms with Gasteiger partial charge in [-0.2, -0.15) is 5.10 Å². The summed E-state index contributed by atoms with van der Waals surface area (Å²) in [4.78, 5) is 19.6. The van der Waals surface area contributed by atoms with E-state index in [0.717, 1.165) is 11.5 Å². The van der Waals surface area contributed by atoms with Crippen molar-refractivity contribution in [3.63, 3.8) is 0 Å². The number of hydrogen-bond donors (Lipinski definition) is 2. The van der Waals surface area contributed by atoms with Crippen LogP contribution in [0.15, 0.2) is 21.6 Å². The van der Waals surface area contributed by atoms with Crippen molar-refractivity contribution in [3.8, 4) is 0 Å². The molecule has 0 aliphatic rings. The van der Waals surface area contributed by atoms with Crippen LogP contribution in [0.2, 0.25) is 0 Å². The number of anilines is 1. The third-order valence-electron chi connectivity index (χ3n) is 2.80. The Balaban J connectivity index is 1.79. The van der Waals surface area contributed by atoms with Gasteiger partial charge in [-0.15, -0.1) is 0 Å². The monoisotopic (exact) mass is 260 g/mol. The minimum atomic E-state index is -0.312. The molecule has 3 aromatic heterocycles. The van der Waals surface area contributed by atoms with E-state index in [9.17, 15) is 4.79 Å². The topological polar surface area (TPSA) is 101 Å². The van der Waals surface area contributed by atoms with Gasteiger partial charge in [0.05, 0.1) is 12.2 Å². The van der Waals surface area contributed by atoms with Crippen molar-refractivity contribution in [3.05, 3.63) is 40.2 Å². The van der Waals surface area contributed by atoms with Gasteiger partial charge in [-0.1, -0.05) is 0 Å². The number of nitrogens with zero attached hydrogens (tertiary/aromatic N) is 4. The summed E-state index contributed by atoms with van der Waals surface area (Å²) in [5.41, 5.74) is 1.06. The molecule has 0 saturated heterocycles. The lowest BCUT2D eigenvalue weighted by atomic mass is 10.4. The minimum Gasteiger partial charge on any atom is -0.444 e. The Morgan fingerprint density at radius 1 is 1.47 bits per heavy atom. The summed E-state index contributed by atoms with van der Waals surface area (Å²) in [6.07, 6.45) is 1.41. The molecule has 0 saturated carbocycles. The molecule has 0 atom stereocenters. The zero-order chi connectivity index (χ0) is 13.4. The number of hydrogen-bond acceptors (Lipinski definition) is 6. The first-order valence-corrected chi connectivity index (χ1v) is 5.73. The smallest absolute Gasteiger partial charge is 0.348 e. The average Bonchev–Trinajstić information content (AvgIpc) is 2.91. The van der Waals surface area contributed by atoms with Gasteiger partial charge in [0.1, 0.15) is 17.9 Å². The predicted octanol–water partition coefficient (Wildman–Crippen LogP) is 0.635. The quantitative estimate of drug-likeness (QED) is 0.716. The highest BCUT2D eigenvalue weighted by Crippen LogP contribution is 2.10. The van der Waals surface area contributed by atoms with Gasteiger partial charge in [-0.25, -0.2) is 24.3 Å². The second-order valence-corrected chi connectivity index (χ2v) is 4.13. The Labute approximate surface area is 107 Å². The molecule has 0 spiro atoms. The van der Waals surface area contributed by atoms with Crippen molar-refractivity contribution in [1.29, 1.82) is 0 Å². The van der Waals surface area contributed by atoms with Crippen LogP contribution in [0.1, 0.15) is 17.3 Å². The van der Waals surface area contributed by atoms with Crippen LogP contribution in [0.3, 0.4) is 0 Å². The maximum absolute atomic E-state index is 11.3. The van der Waals surface area contributed by atoms with Gasteiger partial charge in [0.25, 0.3) is 0 Å². The summed E-state index contributed by atoms with van der Waals surface area (Å²) in [7, 11) is 0. The third kappa shape index (κ3) is 2.07. The van der Waals surface area contributed by atoms with Crippen LogP contribution in [0.4, 0.5) is 5.82 Å². The first-order valence-electron chi connectivity index (χ1n) is 5.73. The fourth-order valence-electron chi connectivity index (χ4n) is 1.69. The van der Waals surface area contributed by atoms with Gasteiger partial charge in [0.15, 0.2) is 5.65 Å². The summed E-state index contributed by atoms with van der Waals surface area (Å²) >= 11 is 0. The average molecular weight is 260 g/mol. The van der Waals surface area contributed by atoms with Gasteiger partial charge in [-0.3, -0.25) is 0 Å². The lowest BCUT2D eigenvalue weighted by Crippen LogP contribution is -2.10. The molecule has 19 heavy (non-hydrogen) atoms. The second-order valence-electron chi connectivity index (χ2n) is 4.13. The SMILES string of the molecule is Cc1nc(CNc2cc3n[nH]c(=O)n3cn2)oc1C. The van der Waals surface area contributed by atoms with Crippen LogP contribution in [-0.4, -0.2) is 24.6 Å². The molecule has 0 aliphatic heterocycles. The van der Waals surface area contributed by atoms with Gasteiger partial charge in [0, 0.05) is 6.07 Å². The summed E-state index contributed by atoms with van der Waals surface area (Å²) in [5, 5.41) is 9.27. The van der Waals surface area contributed by atoms with Crippen LogP contribution >= 0.6 is 0 Å². The van der Waals surface area contributed by atoms with E-state index >= 15 is 0 Å². The van der Waals surface area contributed by atoms with E-state index in [1.807, 2.05) is 13.8 Å². The standard InChI is InChI=1S/C11H12N6O2/c1-6-7(2)19-10(14-6)4-12-8-3-9-15-16-11(18)17(9)5-13-8/h3,5,12H,4H2,1-2H3,(H,16,18). The minimum absolute atomic E-state index is 0.312. The highest BCUT2D eigenvalue weighted by molar-refractivity contribution is 5.48. The number of nitrogens with one attached hydrogen (secondary N) is 2. The molecule has 2 N–H and O–H groups in total. The van der Waals surface area contributed by atoms with Crippen molar-refractivity contribution in [2.45, 2.75) is 20.4 Å². The molecule has 3 heterocycles. The highest BCUT2D eigenvalue weighted by atomic mass is 16.4. The molecule has 0 aromatic carbocycles. The maximum Gasteiger partial charge on any atom is 0.348 e. The molecule has 0 fully saturated rings. The summed E-state index contributed by atoms with van der Waals surface area (Å²) < 4.78 is 6.77. The van der Waals surface area contributed by atoms with Crippen molar-refractivity contribution in [1.82, 2.24) is 24.6 Å². The van der Waals surface area contributed by atoms with E-state index < -0.39 is 0 Å². The molecule has 0 bridgehead atoms. The first-order chi connectivity index (χ1) is 9.13. The molecule has 0 radical (unpaired) electrons. The van der Waals surface area contributed by atoms with Crippen LogP contribution < -0.4 is 11.0 Å². The van der Waals surface area contributed by atoms with Gasteiger partial charge >= 0.3 is 5.69 Å². The normalized spacial score (nSPS) is 11.1. The molecular formula is C11H12N6O2. The summed E-state index contributed by atoms with van der Waals surface area (Å²) in [6, 6.07) is 1.67. The Morgan fingerprint density at radius 3 is 3.05 bits per heavy atom.